The molecule has 2 N–H and O–H groups in total. The number of phenols is 1. The van der Waals surface area contributed by atoms with Crippen molar-refractivity contribution >= 4 is 17.6 Å². The molecule has 0 aliphatic rings. The summed E-state index contributed by atoms with van der Waals surface area (Å²) in [7, 11) is 0. The molecule has 2 aromatic rings. The average Bonchev–Trinajstić information content (AvgIpc) is 2.48. The Hall–Kier alpha value is -2.82. The third kappa shape index (κ3) is 3.20. The van der Waals surface area contributed by atoms with E-state index in [1.807, 2.05) is 0 Å². The lowest BCUT2D eigenvalue weighted by atomic mass is 10.1. The second kappa shape index (κ2) is 6.09. The van der Waals surface area contributed by atoms with Crippen molar-refractivity contribution in [3.05, 3.63) is 59.7 Å². The lowest BCUT2D eigenvalue weighted by molar-refractivity contribution is -0.135. The predicted octanol–water partition coefficient (Wildman–Crippen LogP) is 2.43. The zero-order chi connectivity index (χ0) is 15.4. The lowest BCUT2D eigenvalue weighted by Crippen LogP contribution is -2.35. The Labute approximate surface area is 122 Å². The summed E-state index contributed by atoms with van der Waals surface area (Å²) < 4.78 is 0. The van der Waals surface area contributed by atoms with Crippen LogP contribution < -0.4 is 4.90 Å². The molecular weight excluding hydrogens is 270 g/mol. The fourth-order valence-corrected chi connectivity index (χ4v) is 2.00. The van der Waals surface area contributed by atoms with Gasteiger partial charge in [-0.1, -0.05) is 30.3 Å². The van der Waals surface area contributed by atoms with Gasteiger partial charge in [0.1, 0.15) is 12.3 Å². The number of carbonyl (C=O) groups excluding carboxylic acids is 1. The molecule has 0 radical (unpaired) electrons. The van der Waals surface area contributed by atoms with Crippen LogP contribution in [0.1, 0.15) is 15.9 Å². The van der Waals surface area contributed by atoms with Crippen LogP contribution in [0.2, 0.25) is 0 Å². The van der Waals surface area contributed by atoms with Crippen molar-refractivity contribution in [2.75, 3.05) is 11.4 Å². The molecule has 0 aliphatic carbocycles. The van der Waals surface area contributed by atoms with E-state index in [0.29, 0.717) is 11.3 Å². The minimum Gasteiger partial charge on any atom is -0.507 e. The van der Waals surface area contributed by atoms with Crippen molar-refractivity contribution in [3.63, 3.8) is 0 Å². The van der Waals surface area contributed by atoms with Crippen LogP contribution in [0, 0.1) is 6.92 Å². The zero-order valence-corrected chi connectivity index (χ0v) is 11.5. The number of hydrogen-bond acceptors (Lipinski definition) is 3. The monoisotopic (exact) mass is 285 g/mol. The number of aryl methyl sites for hydroxylation is 1. The number of nitrogens with zero attached hydrogens (tertiary/aromatic N) is 1. The first-order valence-corrected chi connectivity index (χ1v) is 6.38. The second-order valence-electron chi connectivity index (χ2n) is 4.59. The standard InChI is InChI=1S/C16H15NO4/c1-11-6-5-9-13(15(11)20)16(21)17(10-14(18)19)12-7-3-2-4-8-12/h2-9,20H,10H2,1H3,(H,18,19). The summed E-state index contributed by atoms with van der Waals surface area (Å²) >= 11 is 0. The molecule has 0 saturated carbocycles. The summed E-state index contributed by atoms with van der Waals surface area (Å²) in [5.41, 5.74) is 1.11. The van der Waals surface area contributed by atoms with Gasteiger partial charge in [0.05, 0.1) is 5.56 Å². The number of rotatable bonds is 4. The first-order chi connectivity index (χ1) is 10.0. The van der Waals surface area contributed by atoms with E-state index >= 15 is 0 Å². The molecule has 2 rings (SSSR count). The first-order valence-electron chi connectivity index (χ1n) is 6.38. The highest BCUT2D eigenvalue weighted by molar-refractivity contribution is 6.09. The topological polar surface area (TPSA) is 77.8 Å². The molecule has 108 valence electrons. The van der Waals surface area contributed by atoms with Crippen LogP contribution in [-0.2, 0) is 4.79 Å². The molecule has 0 fully saturated rings. The predicted molar refractivity (Wildman–Crippen MR) is 78.6 cm³/mol. The van der Waals surface area contributed by atoms with E-state index in [2.05, 4.69) is 0 Å². The maximum atomic E-state index is 12.6. The second-order valence-corrected chi connectivity index (χ2v) is 4.59. The fraction of sp³-hybridized carbons (Fsp3) is 0.125. The maximum Gasteiger partial charge on any atom is 0.323 e. The summed E-state index contributed by atoms with van der Waals surface area (Å²) in [4.78, 5) is 24.7. The number of carboxylic acids is 1. The van der Waals surface area contributed by atoms with Crippen molar-refractivity contribution in [1.82, 2.24) is 0 Å². The highest BCUT2D eigenvalue weighted by Gasteiger charge is 2.23. The Kier molecular flexibility index (Phi) is 4.23. The van der Waals surface area contributed by atoms with Gasteiger partial charge in [-0.25, -0.2) is 0 Å². The van der Waals surface area contributed by atoms with E-state index in [0.717, 1.165) is 4.90 Å². The van der Waals surface area contributed by atoms with E-state index in [1.165, 1.54) is 6.07 Å². The molecule has 0 unspecified atom stereocenters. The third-order valence-corrected chi connectivity index (χ3v) is 3.07. The summed E-state index contributed by atoms with van der Waals surface area (Å²) in [6, 6.07) is 13.3. The summed E-state index contributed by atoms with van der Waals surface area (Å²) in [5, 5.41) is 19.0. The zero-order valence-electron chi connectivity index (χ0n) is 11.5. The molecule has 2 aromatic carbocycles. The van der Waals surface area contributed by atoms with E-state index in [-0.39, 0.29) is 11.3 Å². The number of para-hydroxylation sites is 2. The summed E-state index contributed by atoms with van der Waals surface area (Å²) in [5.74, 6) is -1.81. The van der Waals surface area contributed by atoms with Gasteiger partial charge < -0.3 is 10.2 Å². The molecule has 0 saturated heterocycles. The molecule has 0 bridgehead atoms. The minimum atomic E-state index is -1.13. The quantitative estimate of drug-likeness (QED) is 0.904. The van der Waals surface area contributed by atoms with E-state index in [9.17, 15) is 14.7 Å². The highest BCUT2D eigenvalue weighted by atomic mass is 16.4. The largest absolute Gasteiger partial charge is 0.507 e. The molecule has 0 aromatic heterocycles. The van der Waals surface area contributed by atoms with Crippen LogP contribution in [0.25, 0.3) is 0 Å². The Morgan fingerprint density at radius 2 is 1.71 bits per heavy atom. The molecule has 0 atom stereocenters. The van der Waals surface area contributed by atoms with Crippen LogP contribution in [0.15, 0.2) is 48.5 Å². The van der Waals surface area contributed by atoms with E-state index in [1.54, 1.807) is 49.4 Å². The molecule has 21 heavy (non-hydrogen) atoms. The number of carbonyl (C=O) groups is 2. The van der Waals surface area contributed by atoms with Gasteiger partial charge in [-0.3, -0.25) is 14.5 Å². The first kappa shape index (κ1) is 14.6. The number of phenolic OH excluding ortho intramolecular Hbond substituents is 1. The summed E-state index contributed by atoms with van der Waals surface area (Å²) in [6.07, 6.45) is 0. The number of aliphatic carboxylic acids is 1. The maximum absolute atomic E-state index is 12.6. The molecule has 0 aliphatic heterocycles. The number of aromatic hydroxyl groups is 1. The van der Waals surface area contributed by atoms with Crippen LogP contribution in [0.3, 0.4) is 0 Å². The minimum absolute atomic E-state index is 0.0834. The van der Waals surface area contributed by atoms with Crippen LogP contribution in [0.4, 0.5) is 5.69 Å². The number of amides is 1. The van der Waals surface area contributed by atoms with Gasteiger partial charge in [0, 0.05) is 5.69 Å². The van der Waals surface area contributed by atoms with Crippen LogP contribution in [-0.4, -0.2) is 28.6 Å². The Morgan fingerprint density at radius 1 is 1.05 bits per heavy atom. The number of carboxylic acid groups (broad SMARTS) is 1. The third-order valence-electron chi connectivity index (χ3n) is 3.07. The number of hydrogen-bond donors (Lipinski definition) is 2. The molecular formula is C16H15NO4. The van der Waals surface area contributed by atoms with Crippen molar-refractivity contribution in [3.8, 4) is 5.75 Å². The van der Waals surface area contributed by atoms with Gasteiger partial charge in [0.2, 0.25) is 0 Å². The van der Waals surface area contributed by atoms with Gasteiger partial charge >= 0.3 is 5.97 Å². The molecule has 0 heterocycles. The number of benzene rings is 2. The lowest BCUT2D eigenvalue weighted by Gasteiger charge is -2.21. The van der Waals surface area contributed by atoms with Gasteiger partial charge in [0.15, 0.2) is 0 Å². The molecule has 5 nitrogen and oxygen atoms in total. The van der Waals surface area contributed by atoms with Gasteiger partial charge in [-0.05, 0) is 30.7 Å². The van der Waals surface area contributed by atoms with Crippen molar-refractivity contribution in [2.24, 2.45) is 0 Å². The van der Waals surface area contributed by atoms with E-state index < -0.39 is 18.4 Å². The average molecular weight is 285 g/mol. The van der Waals surface area contributed by atoms with Crippen molar-refractivity contribution in [2.45, 2.75) is 6.92 Å². The molecule has 5 heteroatoms. The van der Waals surface area contributed by atoms with Gasteiger partial charge in [0.25, 0.3) is 5.91 Å². The fourth-order valence-electron chi connectivity index (χ4n) is 2.00. The Balaban J connectivity index is 2.44. The smallest absolute Gasteiger partial charge is 0.323 e. The van der Waals surface area contributed by atoms with E-state index in [4.69, 9.17) is 5.11 Å². The summed E-state index contributed by atoms with van der Waals surface area (Å²) in [6.45, 7) is 1.20. The Morgan fingerprint density at radius 3 is 2.33 bits per heavy atom. The van der Waals surface area contributed by atoms with Crippen molar-refractivity contribution < 1.29 is 19.8 Å². The normalized spacial score (nSPS) is 10.1. The molecule has 1 amide bonds. The van der Waals surface area contributed by atoms with Crippen LogP contribution in [0.5, 0.6) is 5.75 Å². The number of anilines is 1. The Bertz CT molecular complexity index is 667. The van der Waals surface area contributed by atoms with Crippen LogP contribution >= 0.6 is 0 Å². The highest BCUT2D eigenvalue weighted by Crippen LogP contribution is 2.25. The van der Waals surface area contributed by atoms with Crippen molar-refractivity contribution in [1.29, 1.82) is 0 Å². The van der Waals surface area contributed by atoms with Gasteiger partial charge in [-0.2, -0.15) is 0 Å². The molecule has 0 spiro atoms. The SMILES string of the molecule is Cc1cccc(C(=O)N(CC(=O)O)c2ccccc2)c1O. The van der Waals surface area contributed by atoms with Gasteiger partial charge in [-0.15, -0.1) is 0 Å².